The van der Waals surface area contributed by atoms with Gasteiger partial charge in [-0.3, -0.25) is 0 Å². The van der Waals surface area contributed by atoms with E-state index in [9.17, 15) is 0 Å². The van der Waals surface area contributed by atoms with Gasteiger partial charge in [0, 0.05) is 0 Å². The summed E-state index contributed by atoms with van der Waals surface area (Å²) in [6, 6.07) is 8.13. The fourth-order valence-corrected chi connectivity index (χ4v) is 1.46. The summed E-state index contributed by atoms with van der Waals surface area (Å²) in [5.41, 5.74) is 1.30. The van der Waals surface area contributed by atoms with Gasteiger partial charge in [0.25, 0.3) is 0 Å². The number of ether oxygens (including phenoxy) is 1. The summed E-state index contributed by atoms with van der Waals surface area (Å²) in [6.45, 7) is 11.7. The Hall–Kier alpha value is -2.02. The van der Waals surface area contributed by atoms with E-state index in [0.717, 1.165) is 11.5 Å². The maximum Gasteiger partial charge on any atom is 0.127 e. The molecule has 1 nitrogen and oxygen atoms in total. The lowest BCUT2D eigenvalue weighted by Gasteiger charge is -2.09. The van der Waals surface area contributed by atoms with Crippen LogP contribution in [0.2, 0.25) is 0 Å². The highest BCUT2D eigenvalue weighted by atomic mass is 16.5. The Morgan fingerprint density at radius 2 is 1.78 bits per heavy atom. The molecule has 0 saturated carbocycles. The van der Waals surface area contributed by atoms with Crippen LogP contribution in [0, 0.1) is 0 Å². The lowest BCUT2D eigenvalue weighted by Crippen LogP contribution is -1.93. The van der Waals surface area contributed by atoms with Crippen LogP contribution in [0.4, 0.5) is 0 Å². The summed E-state index contributed by atoms with van der Waals surface area (Å²) in [5, 5.41) is 0. The minimum atomic E-state index is 0.530. The van der Waals surface area contributed by atoms with Gasteiger partial charge in [-0.15, -0.1) is 0 Å². The van der Waals surface area contributed by atoms with Gasteiger partial charge in [0.05, 0.1) is 0 Å². The molecule has 0 aliphatic rings. The number of hydrogen-bond donors (Lipinski definition) is 0. The molecule has 1 heteroatoms. The van der Waals surface area contributed by atoms with E-state index in [-0.39, 0.29) is 0 Å². The van der Waals surface area contributed by atoms with E-state index in [1.54, 1.807) is 12.2 Å². The summed E-state index contributed by atoms with van der Waals surface area (Å²) < 4.78 is 5.75. The van der Waals surface area contributed by atoms with Gasteiger partial charge in [-0.1, -0.05) is 57.4 Å². The first kappa shape index (κ1) is 14.0. The van der Waals surface area contributed by atoms with Crippen LogP contribution in [-0.2, 0) is 0 Å². The van der Waals surface area contributed by atoms with Gasteiger partial charge < -0.3 is 4.74 Å². The van der Waals surface area contributed by atoms with Crippen LogP contribution in [0.15, 0.2) is 73.6 Å². The first-order chi connectivity index (χ1) is 8.67. The molecule has 0 aliphatic heterocycles. The molecule has 0 heterocycles. The second kappa shape index (κ2) is 7.33. The molecule has 0 amide bonds. The van der Waals surface area contributed by atoms with Crippen LogP contribution in [-0.4, -0.2) is 0 Å². The SMILES string of the molecule is C=C/C=C\C(=C/C=C)Oc1ccc(C(C)C)cc1. The molecule has 1 aromatic carbocycles. The first-order valence-electron chi connectivity index (χ1n) is 6.07. The predicted octanol–water partition coefficient (Wildman–Crippen LogP) is 5.00. The van der Waals surface area contributed by atoms with Gasteiger partial charge in [-0.25, -0.2) is 0 Å². The molecule has 1 rings (SSSR count). The average molecular weight is 240 g/mol. The van der Waals surface area contributed by atoms with E-state index in [1.165, 1.54) is 5.56 Å². The van der Waals surface area contributed by atoms with E-state index in [0.29, 0.717) is 5.92 Å². The molecule has 0 spiro atoms. The van der Waals surface area contributed by atoms with Crippen LogP contribution in [0.3, 0.4) is 0 Å². The Kier molecular flexibility index (Phi) is 5.72. The highest BCUT2D eigenvalue weighted by Gasteiger charge is 2.00. The Labute approximate surface area is 110 Å². The van der Waals surface area contributed by atoms with Crippen molar-refractivity contribution in [2.24, 2.45) is 0 Å². The van der Waals surface area contributed by atoms with Crippen LogP contribution < -0.4 is 4.74 Å². The molecule has 0 bridgehead atoms. The number of rotatable bonds is 6. The molecule has 0 N–H and O–H groups in total. The number of benzene rings is 1. The van der Waals surface area contributed by atoms with Crippen molar-refractivity contribution < 1.29 is 4.74 Å². The largest absolute Gasteiger partial charge is 0.457 e. The molecule has 0 unspecified atom stereocenters. The van der Waals surface area contributed by atoms with E-state index in [4.69, 9.17) is 4.74 Å². The topological polar surface area (TPSA) is 9.23 Å². The fourth-order valence-electron chi connectivity index (χ4n) is 1.46. The second-order valence-electron chi connectivity index (χ2n) is 4.23. The molecule has 18 heavy (non-hydrogen) atoms. The van der Waals surface area contributed by atoms with Crippen molar-refractivity contribution in [2.75, 3.05) is 0 Å². The van der Waals surface area contributed by atoms with Crippen LogP contribution in [0.5, 0.6) is 5.75 Å². The summed E-state index contributed by atoms with van der Waals surface area (Å²) >= 11 is 0. The lowest BCUT2D eigenvalue weighted by molar-refractivity contribution is 0.444. The van der Waals surface area contributed by atoms with Crippen molar-refractivity contribution >= 4 is 0 Å². The molecule has 1 aromatic rings. The molecule has 94 valence electrons. The van der Waals surface area contributed by atoms with Crippen molar-refractivity contribution in [3.8, 4) is 5.75 Å². The van der Waals surface area contributed by atoms with Crippen LogP contribution in [0.1, 0.15) is 25.3 Å². The summed E-state index contributed by atoms with van der Waals surface area (Å²) in [5.74, 6) is 2.09. The molecule has 0 atom stereocenters. The molecule has 0 saturated heterocycles. The number of allylic oxidation sites excluding steroid dienone is 5. The van der Waals surface area contributed by atoms with Crippen molar-refractivity contribution in [3.05, 3.63) is 79.1 Å². The monoisotopic (exact) mass is 240 g/mol. The van der Waals surface area contributed by atoms with Crippen LogP contribution >= 0.6 is 0 Å². The first-order valence-corrected chi connectivity index (χ1v) is 6.07. The zero-order valence-electron chi connectivity index (χ0n) is 11.1. The van der Waals surface area contributed by atoms with Crippen molar-refractivity contribution in [1.82, 2.24) is 0 Å². The third-order valence-electron chi connectivity index (χ3n) is 2.46. The minimum absolute atomic E-state index is 0.530. The molecule has 0 radical (unpaired) electrons. The quantitative estimate of drug-likeness (QED) is 0.502. The van der Waals surface area contributed by atoms with Gasteiger partial charge in [0.1, 0.15) is 11.5 Å². The molecule has 0 aliphatic carbocycles. The Morgan fingerprint density at radius 3 is 2.28 bits per heavy atom. The molecular formula is C17H20O. The summed E-state index contributed by atoms with van der Waals surface area (Å²) in [6.07, 6.45) is 8.91. The zero-order chi connectivity index (χ0) is 13.4. The van der Waals surface area contributed by atoms with E-state index in [2.05, 4.69) is 39.1 Å². The normalized spacial score (nSPS) is 11.8. The smallest absolute Gasteiger partial charge is 0.127 e. The highest BCUT2D eigenvalue weighted by molar-refractivity contribution is 5.32. The number of hydrogen-bond acceptors (Lipinski definition) is 1. The Balaban J connectivity index is 2.81. The Morgan fingerprint density at radius 1 is 1.11 bits per heavy atom. The van der Waals surface area contributed by atoms with Gasteiger partial charge in [0.2, 0.25) is 0 Å². The highest BCUT2D eigenvalue weighted by Crippen LogP contribution is 2.20. The average Bonchev–Trinajstić information content (AvgIpc) is 2.37. The van der Waals surface area contributed by atoms with Gasteiger partial charge in [-0.2, -0.15) is 0 Å². The van der Waals surface area contributed by atoms with Crippen LogP contribution in [0.25, 0.3) is 0 Å². The summed E-state index contributed by atoms with van der Waals surface area (Å²) in [7, 11) is 0. The fraction of sp³-hybridized carbons (Fsp3) is 0.176. The minimum Gasteiger partial charge on any atom is -0.457 e. The van der Waals surface area contributed by atoms with Gasteiger partial charge >= 0.3 is 0 Å². The molecule has 0 aromatic heterocycles. The molecular weight excluding hydrogens is 220 g/mol. The standard InChI is InChI=1S/C17H20O/c1-5-7-9-16(8-6-2)18-17-12-10-15(11-13-17)14(3)4/h5-14H,1-2H2,3-4H3/b9-7-,16-8+. The lowest BCUT2D eigenvalue weighted by atomic mass is 10.0. The maximum absolute atomic E-state index is 5.75. The van der Waals surface area contributed by atoms with Crippen molar-refractivity contribution in [1.29, 1.82) is 0 Å². The van der Waals surface area contributed by atoms with Crippen molar-refractivity contribution in [3.63, 3.8) is 0 Å². The van der Waals surface area contributed by atoms with Gasteiger partial charge in [0.15, 0.2) is 0 Å². The Bertz CT molecular complexity index is 447. The molecule has 0 fully saturated rings. The maximum atomic E-state index is 5.75. The second-order valence-corrected chi connectivity index (χ2v) is 4.23. The zero-order valence-corrected chi connectivity index (χ0v) is 11.1. The predicted molar refractivity (Wildman–Crippen MR) is 78.8 cm³/mol. The van der Waals surface area contributed by atoms with Gasteiger partial charge in [-0.05, 0) is 35.8 Å². The van der Waals surface area contributed by atoms with Crippen molar-refractivity contribution in [2.45, 2.75) is 19.8 Å². The van der Waals surface area contributed by atoms with E-state index < -0.39 is 0 Å². The van der Waals surface area contributed by atoms with E-state index >= 15 is 0 Å². The summed E-state index contributed by atoms with van der Waals surface area (Å²) in [4.78, 5) is 0. The third-order valence-corrected chi connectivity index (χ3v) is 2.46. The van der Waals surface area contributed by atoms with E-state index in [1.807, 2.05) is 30.4 Å². The third kappa shape index (κ3) is 4.46.